The van der Waals surface area contributed by atoms with Gasteiger partial charge in [-0.05, 0) is 6.42 Å². The molecule has 0 unspecified atom stereocenters. The second-order valence-corrected chi connectivity index (χ2v) is 2.97. The topological polar surface area (TPSA) is 45.1 Å². The maximum atomic E-state index is 9.50. The zero-order valence-corrected chi connectivity index (χ0v) is 6.47. The monoisotopic (exact) mass is 156 g/mol. The number of aliphatic hydroxyl groups excluding tert-OH is 1. The largest absolute Gasteiger partial charge is 0.391 e. The molecule has 3 atom stereocenters. The van der Waals surface area contributed by atoms with Crippen molar-refractivity contribution in [1.29, 1.82) is 0 Å². The van der Waals surface area contributed by atoms with Crippen molar-refractivity contribution in [2.24, 2.45) is 5.10 Å². The minimum absolute atomic E-state index is 0.0208. The molecule has 2 aliphatic heterocycles. The van der Waals surface area contributed by atoms with E-state index in [0.717, 1.165) is 13.0 Å². The van der Waals surface area contributed by atoms with Crippen LogP contribution in [0.3, 0.4) is 0 Å². The maximum absolute atomic E-state index is 9.50. The van der Waals surface area contributed by atoms with Crippen LogP contribution >= 0.6 is 0 Å². The van der Waals surface area contributed by atoms with Crippen LogP contribution in [0.1, 0.15) is 6.42 Å². The molecule has 0 spiro atoms. The summed E-state index contributed by atoms with van der Waals surface area (Å²) in [5.74, 6) is 0. The highest BCUT2D eigenvalue weighted by atomic mass is 16.5. The predicted octanol–water partition coefficient (Wildman–Crippen LogP) is -0.564. The quantitative estimate of drug-likeness (QED) is 0.553. The molecule has 0 aromatic carbocycles. The van der Waals surface area contributed by atoms with E-state index in [-0.39, 0.29) is 18.2 Å². The summed E-state index contributed by atoms with van der Waals surface area (Å²) in [5.41, 5.74) is 0. The highest BCUT2D eigenvalue weighted by Crippen LogP contribution is 2.25. The van der Waals surface area contributed by atoms with Gasteiger partial charge >= 0.3 is 0 Å². The SMILES string of the molecule is CO[C@@H]1C=NN2CC[C@H](O)[C@@H]12. The van der Waals surface area contributed by atoms with Crippen molar-refractivity contribution in [3.8, 4) is 0 Å². The van der Waals surface area contributed by atoms with E-state index in [0.29, 0.717) is 0 Å². The Morgan fingerprint density at radius 2 is 2.55 bits per heavy atom. The minimum Gasteiger partial charge on any atom is -0.391 e. The van der Waals surface area contributed by atoms with Gasteiger partial charge in [-0.25, -0.2) is 0 Å². The second kappa shape index (κ2) is 2.46. The number of nitrogens with zero attached hydrogens (tertiary/aromatic N) is 2. The zero-order valence-electron chi connectivity index (χ0n) is 6.47. The van der Waals surface area contributed by atoms with E-state index >= 15 is 0 Å². The van der Waals surface area contributed by atoms with Gasteiger partial charge in [0.05, 0.1) is 12.3 Å². The number of aliphatic hydroxyl groups is 1. The molecule has 0 bridgehead atoms. The first-order chi connectivity index (χ1) is 5.33. The van der Waals surface area contributed by atoms with Crippen molar-refractivity contribution < 1.29 is 9.84 Å². The Kier molecular flexibility index (Phi) is 1.58. The van der Waals surface area contributed by atoms with Crippen LogP contribution in [0.25, 0.3) is 0 Å². The van der Waals surface area contributed by atoms with E-state index in [9.17, 15) is 5.11 Å². The summed E-state index contributed by atoms with van der Waals surface area (Å²) >= 11 is 0. The average molecular weight is 156 g/mol. The molecule has 4 nitrogen and oxygen atoms in total. The van der Waals surface area contributed by atoms with Crippen molar-refractivity contribution in [2.45, 2.75) is 24.7 Å². The standard InChI is InChI=1S/C7H12N2O2/c1-11-6-4-8-9-3-2-5(10)7(6)9/h4-7,10H,2-3H2,1H3/t5-,6+,7-/m0/s1. The second-order valence-electron chi connectivity index (χ2n) is 2.97. The number of hydrazone groups is 1. The molecule has 0 radical (unpaired) electrons. The first kappa shape index (κ1) is 7.06. The third-order valence-electron chi connectivity index (χ3n) is 2.36. The zero-order chi connectivity index (χ0) is 7.84. The molecular weight excluding hydrogens is 144 g/mol. The van der Waals surface area contributed by atoms with E-state index in [2.05, 4.69) is 5.10 Å². The van der Waals surface area contributed by atoms with Crippen molar-refractivity contribution in [3.63, 3.8) is 0 Å². The number of hydrogen-bond donors (Lipinski definition) is 1. The molecule has 2 heterocycles. The molecule has 1 fully saturated rings. The summed E-state index contributed by atoms with van der Waals surface area (Å²) < 4.78 is 5.14. The summed E-state index contributed by atoms with van der Waals surface area (Å²) in [6.45, 7) is 0.849. The first-order valence-corrected chi connectivity index (χ1v) is 3.84. The lowest BCUT2D eigenvalue weighted by Crippen LogP contribution is -2.38. The van der Waals surface area contributed by atoms with E-state index in [1.807, 2.05) is 5.01 Å². The summed E-state index contributed by atoms with van der Waals surface area (Å²) in [6, 6.07) is 0.0694. The molecular formula is C7H12N2O2. The molecule has 0 aliphatic carbocycles. The van der Waals surface area contributed by atoms with Crippen molar-refractivity contribution in [1.82, 2.24) is 5.01 Å². The highest BCUT2D eigenvalue weighted by molar-refractivity contribution is 5.66. The Hall–Kier alpha value is -0.610. The molecule has 0 amide bonds. The lowest BCUT2D eigenvalue weighted by molar-refractivity contribution is 0.0404. The van der Waals surface area contributed by atoms with E-state index in [1.54, 1.807) is 13.3 Å². The van der Waals surface area contributed by atoms with Gasteiger partial charge in [-0.15, -0.1) is 0 Å². The molecule has 0 aromatic heterocycles. The molecule has 1 saturated heterocycles. The fraction of sp³-hybridized carbons (Fsp3) is 0.857. The van der Waals surface area contributed by atoms with Gasteiger partial charge in [-0.1, -0.05) is 0 Å². The van der Waals surface area contributed by atoms with Gasteiger partial charge in [0.1, 0.15) is 12.1 Å². The number of ether oxygens (including phenoxy) is 1. The van der Waals surface area contributed by atoms with Crippen LogP contribution in [0.2, 0.25) is 0 Å². The Morgan fingerprint density at radius 3 is 3.27 bits per heavy atom. The van der Waals surface area contributed by atoms with Gasteiger partial charge in [-0.3, -0.25) is 5.01 Å². The summed E-state index contributed by atoms with van der Waals surface area (Å²) in [6.07, 6.45) is 2.27. The molecule has 4 heteroatoms. The van der Waals surface area contributed by atoms with Gasteiger partial charge < -0.3 is 9.84 Å². The van der Waals surface area contributed by atoms with Crippen LogP contribution < -0.4 is 0 Å². The molecule has 2 rings (SSSR count). The summed E-state index contributed by atoms with van der Waals surface area (Å²) in [7, 11) is 1.64. The van der Waals surface area contributed by atoms with Crippen LogP contribution in [-0.2, 0) is 4.74 Å². The minimum atomic E-state index is -0.276. The van der Waals surface area contributed by atoms with Crippen LogP contribution in [0.15, 0.2) is 5.10 Å². The lowest BCUT2D eigenvalue weighted by atomic mass is 10.1. The van der Waals surface area contributed by atoms with Crippen molar-refractivity contribution in [2.75, 3.05) is 13.7 Å². The van der Waals surface area contributed by atoms with Gasteiger partial charge in [-0.2, -0.15) is 5.10 Å². The number of fused-ring (bicyclic) bond motifs is 1. The maximum Gasteiger partial charge on any atom is 0.118 e. The number of hydrogen-bond acceptors (Lipinski definition) is 4. The van der Waals surface area contributed by atoms with Crippen LogP contribution in [-0.4, -0.2) is 48.2 Å². The van der Waals surface area contributed by atoms with Gasteiger partial charge in [0.15, 0.2) is 0 Å². The van der Waals surface area contributed by atoms with Gasteiger partial charge in [0, 0.05) is 13.7 Å². The molecule has 0 saturated carbocycles. The van der Waals surface area contributed by atoms with E-state index in [4.69, 9.17) is 4.74 Å². The normalized spacial score (nSPS) is 41.6. The first-order valence-electron chi connectivity index (χ1n) is 3.84. The Bertz CT molecular complexity index is 183. The smallest absolute Gasteiger partial charge is 0.118 e. The third-order valence-corrected chi connectivity index (χ3v) is 2.36. The lowest BCUT2D eigenvalue weighted by Gasteiger charge is -2.20. The molecule has 0 aromatic rings. The van der Waals surface area contributed by atoms with Crippen LogP contribution in [0, 0.1) is 0 Å². The predicted molar refractivity (Wildman–Crippen MR) is 40.4 cm³/mol. The van der Waals surface area contributed by atoms with E-state index < -0.39 is 0 Å². The van der Waals surface area contributed by atoms with Crippen LogP contribution in [0.4, 0.5) is 0 Å². The van der Waals surface area contributed by atoms with Gasteiger partial charge in [0.2, 0.25) is 0 Å². The fourth-order valence-corrected chi connectivity index (χ4v) is 1.75. The van der Waals surface area contributed by atoms with Crippen molar-refractivity contribution >= 4 is 6.21 Å². The Balaban J connectivity index is 2.12. The van der Waals surface area contributed by atoms with Crippen molar-refractivity contribution in [3.05, 3.63) is 0 Å². The fourth-order valence-electron chi connectivity index (χ4n) is 1.75. The van der Waals surface area contributed by atoms with Gasteiger partial charge in [0.25, 0.3) is 0 Å². The van der Waals surface area contributed by atoms with E-state index in [1.165, 1.54) is 0 Å². The molecule has 62 valence electrons. The molecule has 1 N–H and O–H groups in total. The number of rotatable bonds is 1. The summed E-state index contributed by atoms with van der Waals surface area (Å²) in [5, 5.41) is 15.5. The van der Waals surface area contributed by atoms with Crippen LogP contribution in [0.5, 0.6) is 0 Å². The highest BCUT2D eigenvalue weighted by Gasteiger charge is 2.41. The number of methoxy groups -OCH3 is 1. The molecule has 11 heavy (non-hydrogen) atoms. The Morgan fingerprint density at radius 1 is 1.73 bits per heavy atom. The summed E-state index contributed by atoms with van der Waals surface area (Å²) in [4.78, 5) is 0. The third kappa shape index (κ3) is 0.937. The molecule has 2 aliphatic rings. The average Bonchev–Trinajstić information content (AvgIpc) is 2.54. The Labute approximate surface area is 65.5 Å².